The number of rotatable bonds is 2. The Balaban J connectivity index is 2.71. The van der Waals surface area contributed by atoms with E-state index < -0.39 is 10.0 Å². The number of nitrogens with two attached hydrogens (primary N) is 1. The number of hydrogen-bond acceptors (Lipinski definition) is 4. The van der Waals surface area contributed by atoms with Crippen LogP contribution >= 0.6 is 11.3 Å². The highest BCUT2D eigenvalue weighted by atomic mass is 32.2. The SMILES string of the molecule is C=Cc1ccc2nc(S(N)(=O)=O)sc2c1. The molecule has 2 rings (SSSR count). The fourth-order valence-corrected chi connectivity index (χ4v) is 2.87. The first kappa shape index (κ1) is 10.3. The van der Waals surface area contributed by atoms with Crippen molar-refractivity contribution in [3.05, 3.63) is 30.3 Å². The molecule has 0 spiro atoms. The minimum atomic E-state index is -3.70. The molecule has 0 unspecified atom stereocenters. The molecule has 2 N–H and O–H groups in total. The number of benzene rings is 1. The zero-order valence-electron chi connectivity index (χ0n) is 7.67. The van der Waals surface area contributed by atoms with E-state index in [1.807, 2.05) is 12.1 Å². The lowest BCUT2D eigenvalue weighted by Gasteiger charge is -1.90. The molecule has 0 saturated carbocycles. The molecule has 0 aliphatic rings. The van der Waals surface area contributed by atoms with Crippen LogP contribution in [0.2, 0.25) is 0 Å². The molecular formula is C9H8N2O2S2. The fraction of sp³-hybridized carbons (Fsp3) is 0. The molecule has 0 amide bonds. The van der Waals surface area contributed by atoms with Gasteiger partial charge in [-0.2, -0.15) is 0 Å². The van der Waals surface area contributed by atoms with Crippen molar-refractivity contribution in [2.24, 2.45) is 5.14 Å². The van der Waals surface area contributed by atoms with Gasteiger partial charge in [0.15, 0.2) is 0 Å². The van der Waals surface area contributed by atoms with Gasteiger partial charge in [-0.3, -0.25) is 0 Å². The van der Waals surface area contributed by atoms with Gasteiger partial charge in [-0.1, -0.05) is 18.7 Å². The molecule has 78 valence electrons. The number of sulfonamides is 1. The van der Waals surface area contributed by atoms with E-state index in [0.717, 1.165) is 21.6 Å². The summed E-state index contributed by atoms with van der Waals surface area (Å²) < 4.78 is 22.9. The van der Waals surface area contributed by atoms with Crippen LogP contribution in [0, 0.1) is 0 Å². The zero-order valence-corrected chi connectivity index (χ0v) is 9.31. The van der Waals surface area contributed by atoms with Crippen molar-refractivity contribution in [1.82, 2.24) is 4.98 Å². The summed E-state index contributed by atoms with van der Waals surface area (Å²) in [5.41, 5.74) is 1.56. The second-order valence-electron chi connectivity index (χ2n) is 2.96. The molecule has 0 fully saturated rings. The second kappa shape index (κ2) is 3.41. The standard InChI is InChI=1S/C9H8N2O2S2/c1-2-6-3-4-7-8(5-6)14-9(11-7)15(10,12)13/h2-5H,1H2,(H2,10,12,13). The van der Waals surface area contributed by atoms with Gasteiger partial charge in [0.25, 0.3) is 10.0 Å². The monoisotopic (exact) mass is 240 g/mol. The third-order valence-electron chi connectivity index (χ3n) is 1.87. The first-order valence-electron chi connectivity index (χ1n) is 4.06. The highest BCUT2D eigenvalue weighted by molar-refractivity contribution is 7.91. The topological polar surface area (TPSA) is 73.0 Å². The van der Waals surface area contributed by atoms with E-state index in [9.17, 15) is 8.42 Å². The molecule has 1 aromatic carbocycles. The van der Waals surface area contributed by atoms with Crippen LogP contribution in [0.15, 0.2) is 29.1 Å². The summed E-state index contributed by atoms with van der Waals surface area (Å²) in [6, 6.07) is 5.40. The summed E-state index contributed by atoms with van der Waals surface area (Å²) >= 11 is 1.06. The number of primary sulfonamides is 1. The maximum Gasteiger partial charge on any atom is 0.265 e. The summed E-state index contributed by atoms with van der Waals surface area (Å²) in [7, 11) is -3.70. The van der Waals surface area contributed by atoms with E-state index >= 15 is 0 Å². The van der Waals surface area contributed by atoms with Crippen molar-refractivity contribution < 1.29 is 8.42 Å². The van der Waals surface area contributed by atoms with Gasteiger partial charge in [-0.25, -0.2) is 18.5 Å². The Morgan fingerprint density at radius 2 is 2.20 bits per heavy atom. The van der Waals surface area contributed by atoms with E-state index in [4.69, 9.17) is 5.14 Å². The Kier molecular flexibility index (Phi) is 2.34. The minimum Gasteiger partial charge on any atom is -0.224 e. The lowest BCUT2D eigenvalue weighted by atomic mass is 10.2. The molecule has 6 heteroatoms. The minimum absolute atomic E-state index is 0.0567. The smallest absolute Gasteiger partial charge is 0.224 e. The second-order valence-corrected chi connectivity index (χ2v) is 5.72. The molecule has 4 nitrogen and oxygen atoms in total. The van der Waals surface area contributed by atoms with Crippen LogP contribution < -0.4 is 5.14 Å². The summed E-state index contributed by atoms with van der Waals surface area (Å²) in [6.07, 6.45) is 1.69. The molecule has 1 heterocycles. The lowest BCUT2D eigenvalue weighted by Crippen LogP contribution is -2.11. The summed E-state index contributed by atoms with van der Waals surface area (Å²) in [5, 5.41) is 4.99. The molecule has 15 heavy (non-hydrogen) atoms. The Morgan fingerprint density at radius 1 is 1.47 bits per heavy atom. The Hall–Kier alpha value is -1.24. The van der Waals surface area contributed by atoms with Crippen molar-refractivity contribution >= 4 is 37.7 Å². The number of fused-ring (bicyclic) bond motifs is 1. The molecular weight excluding hydrogens is 232 g/mol. The normalized spacial score (nSPS) is 11.8. The maximum atomic E-state index is 11.1. The quantitative estimate of drug-likeness (QED) is 0.866. The molecule has 0 saturated heterocycles. The largest absolute Gasteiger partial charge is 0.265 e. The first-order valence-corrected chi connectivity index (χ1v) is 6.43. The predicted molar refractivity (Wildman–Crippen MR) is 61.1 cm³/mol. The molecule has 0 aliphatic carbocycles. The van der Waals surface area contributed by atoms with Crippen molar-refractivity contribution in [3.8, 4) is 0 Å². The van der Waals surface area contributed by atoms with Crippen LogP contribution in [0.5, 0.6) is 0 Å². The zero-order chi connectivity index (χ0) is 11.1. The predicted octanol–water partition coefficient (Wildman–Crippen LogP) is 1.59. The van der Waals surface area contributed by atoms with E-state index in [2.05, 4.69) is 11.6 Å². The van der Waals surface area contributed by atoms with E-state index in [1.54, 1.807) is 12.1 Å². The van der Waals surface area contributed by atoms with E-state index in [1.165, 1.54) is 0 Å². The van der Waals surface area contributed by atoms with E-state index in [0.29, 0.717) is 5.52 Å². The number of aromatic nitrogens is 1. The van der Waals surface area contributed by atoms with Crippen LogP contribution in [-0.2, 0) is 10.0 Å². The summed E-state index contributed by atoms with van der Waals surface area (Å²) in [6.45, 7) is 3.63. The van der Waals surface area contributed by atoms with Crippen molar-refractivity contribution in [3.63, 3.8) is 0 Å². The van der Waals surface area contributed by atoms with Gasteiger partial charge in [0.1, 0.15) is 0 Å². The fourth-order valence-electron chi connectivity index (χ4n) is 1.17. The van der Waals surface area contributed by atoms with Gasteiger partial charge in [0.2, 0.25) is 4.34 Å². The van der Waals surface area contributed by atoms with E-state index in [-0.39, 0.29) is 4.34 Å². The molecule has 0 bridgehead atoms. The summed E-state index contributed by atoms with van der Waals surface area (Å²) in [4.78, 5) is 3.93. The molecule has 2 aromatic rings. The first-order chi connectivity index (χ1) is 7.00. The molecule has 0 aliphatic heterocycles. The van der Waals surface area contributed by atoms with Gasteiger partial charge in [-0.05, 0) is 17.7 Å². The van der Waals surface area contributed by atoms with Crippen LogP contribution in [0.4, 0.5) is 0 Å². The number of hydrogen-bond donors (Lipinski definition) is 1. The highest BCUT2D eigenvalue weighted by Gasteiger charge is 2.14. The molecule has 1 aromatic heterocycles. The van der Waals surface area contributed by atoms with Gasteiger partial charge >= 0.3 is 0 Å². The van der Waals surface area contributed by atoms with Crippen molar-refractivity contribution in [2.75, 3.05) is 0 Å². The van der Waals surface area contributed by atoms with Crippen LogP contribution in [0.1, 0.15) is 5.56 Å². The van der Waals surface area contributed by atoms with Crippen molar-refractivity contribution in [2.45, 2.75) is 4.34 Å². The Bertz CT molecular complexity index is 629. The van der Waals surface area contributed by atoms with Gasteiger partial charge < -0.3 is 0 Å². The Labute approximate surface area is 91.1 Å². The third-order valence-corrected chi connectivity index (χ3v) is 4.21. The highest BCUT2D eigenvalue weighted by Crippen LogP contribution is 2.25. The average molecular weight is 240 g/mol. The van der Waals surface area contributed by atoms with Crippen molar-refractivity contribution in [1.29, 1.82) is 0 Å². The van der Waals surface area contributed by atoms with Gasteiger partial charge in [-0.15, -0.1) is 11.3 Å². The third kappa shape index (κ3) is 1.92. The Morgan fingerprint density at radius 3 is 2.80 bits per heavy atom. The molecule has 0 atom stereocenters. The van der Waals surface area contributed by atoms with Gasteiger partial charge in [0.05, 0.1) is 10.2 Å². The number of thiazole rings is 1. The van der Waals surface area contributed by atoms with Gasteiger partial charge in [0, 0.05) is 0 Å². The maximum absolute atomic E-state index is 11.1. The summed E-state index contributed by atoms with van der Waals surface area (Å²) in [5.74, 6) is 0. The number of nitrogens with zero attached hydrogens (tertiary/aromatic N) is 1. The van der Waals surface area contributed by atoms with Crippen LogP contribution in [0.25, 0.3) is 16.3 Å². The molecule has 0 radical (unpaired) electrons. The van der Waals surface area contributed by atoms with Crippen LogP contribution in [-0.4, -0.2) is 13.4 Å². The lowest BCUT2D eigenvalue weighted by molar-refractivity contribution is 0.597. The van der Waals surface area contributed by atoms with Crippen LogP contribution in [0.3, 0.4) is 0 Å². The average Bonchev–Trinajstić information content (AvgIpc) is 2.59.